The Balaban J connectivity index is 0.00000490. The van der Waals surface area contributed by atoms with Gasteiger partial charge in [0.2, 0.25) is 0 Å². The number of anilines is 4. The molecular weight excluding hydrogens is 940 g/mol. The van der Waals surface area contributed by atoms with Gasteiger partial charge in [-0.05, 0) is 92.1 Å². The molecule has 2 aromatic heterocycles. The molecular formula is C56H47N4OPt-3. The number of aromatic nitrogens is 2. The Morgan fingerprint density at radius 2 is 1.19 bits per heavy atom. The molecule has 0 atom stereocenters. The number of hydrogen-bond acceptors (Lipinski definition) is 4. The number of nitrogens with zero attached hydrogens (tertiary/aromatic N) is 4. The van der Waals surface area contributed by atoms with Gasteiger partial charge in [0.15, 0.2) is 0 Å². The third-order valence-corrected chi connectivity index (χ3v) is 11.7. The summed E-state index contributed by atoms with van der Waals surface area (Å²) in [6, 6.07) is 65.0. The number of rotatable bonds is 7. The Bertz CT molecular complexity index is 3080. The summed E-state index contributed by atoms with van der Waals surface area (Å²) in [4.78, 5) is 9.37. The maximum absolute atomic E-state index is 6.66. The monoisotopic (exact) mass is 986 g/mol. The Morgan fingerprint density at radius 1 is 0.532 bits per heavy atom. The van der Waals surface area contributed by atoms with E-state index in [2.05, 4.69) is 220 Å². The van der Waals surface area contributed by atoms with E-state index in [1.54, 1.807) is 0 Å². The van der Waals surface area contributed by atoms with Gasteiger partial charge in [-0.3, -0.25) is 0 Å². The quantitative estimate of drug-likeness (QED) is 0.149. The second-order valence-corrected chi connectivity index (χ2v) is 17.9. The second-order valence-electron chi connectivity index (χ2n) is 17.9. The predicted octanol–water partition coefficient (Wildman–Crippen LogP) is 14.9. The molecule has 62 heavy (non-hydrogen) atoms. The van der Waals surface area contributed by atoms with Crippen LogP contribution < -0.4 is 14.5 Å². The largest absolute Gasteiger partial charge is 0.509 e. The van der Waals surface area contributed by atoms with Crippen LogP contribution in [0.25, 0.3) is 49.9 Å². The first-order chi connectivity index (χ1) is 29.5. The zero-order chi connectivity index (χ0) is 41.9. The topological polar surface area (TPSA) is 33.5 Å². The molecule has 0 saturated carbocycles. The Labute approximate surface area is 379 Å². The first-order valence-electron chi connectivity index (χ1n) is 21.0. The summed E-state index contributed by atoms with van der Waals surface area (Å²) in [6.45, 7) is 15.6. The van der Waals surface area contributed by atoms with Gasteiger partial charge in [-0.25, -0.2) is 4.98 Å². The van der Waals surface area contributed by atoms with Crippen LogP contribution in [0.2, 0.25) is 0 Å². The summed E-state index contributed by atoms with van der Waals surface area (Å²) in [5, 5.41) is 2.19. The molecule has 0 radical (unpaired) electrons. The van der Waals surface area contributed by atoms with Crippen molar-refractivity contribution >= 4 is 44.6 Å². The van der Waals surface area contributed by atoms with Gasteiger partial charge in [0.25, 0.3) is 0 Å². The number of para-hydroxylation sites is 2. The molecule has 0 spiro atoms. The number of benzene rings is 7. The Hall–Kier alpha value is -6.42. The van der Waals surface area contributed by atoms with Crippen LogP contribution in [0.5, 0.6) is 11.5 Å². The van der Waals surface area contributed by atoms with Gasteiger partial charge in [-0.2, -0.15) is 12.1 Å². The van der Waals surface area contributed by atoms with Crippen LogP contribution in [0, 0.1) is 18.8 Å². The van der Waals surface area contributed by atoms with Crippen LogP contribution in [0.4, 0.5) is 22.7 Å². The fourth-order valence-electron chi connectivity index (χ4n) is 8.39. The van der Waals surface area contributed by atoms with Crippen LogP contribution in [0.3, 0.4) is 0 Å². The zero-order valence-corrected chi connectivity index (χ0v) is 38.0. The van der Waals surface area contributed by atoms with Crippen LogP contribution in [-0.2, 0) is 31.9 Å². The molecule has 0 aliphatic carbocycles. The van der Waals surface area contributed by atoms with E-state index in [0.717, 1.165) is 55.9 Å². The molecule has 10 rings (SSSR count). The molecule has 0 amide bonds. The van der Waals surface area contributed by atoms with Crippen molar-refractivity contribution in [3.05, 3.63) is 200 Å². The van der Waals surface area contributed by atoms with Crippen LogP contribution in [0.1, 0.15) is 52.7 Å². The molecule has 1 aliphatic heterocycles. The first-order valence-corrected chi connectivity index (χ1v) is 21.0. The minimum atomic E-state index is -0.0512. The number of pyridine rings is 1. The molecule has 9 aromatic rings. The van der Waals surface area contributed by atoms with Crippen molar-refractivity contribution < 1.29 is 25.8 Å². The molecule has 7 aromatic carbocycles. The van der Waals surface area contributed by atoms with E-state index >= 15 is 0 Å². The molecule has 3 heterocycles. The van der Waals surface area contributed by atoms with Crippen molar-refractivity contribution in [2.75, 3.05) is 9.80 Å². The van der Waals surface area contributed by atoms with Gasteiger partial charge in [-0.1, -0.05) is 138 Å². The van der Waals surface area contributed by atoms with E-state index in [1.165, 1.54) is 27.8 Å². The minimum absolute atomic E-state index is 0. The summed E-state index contributed by atoms with van der Waals surface area (Å²) in [5.74, 6) is 2.04. The predicted molar refractivity (Wildman–Crippen MR) is 252 cm³/mol. The summed E-state index contributed by atoms with van der Waals surface area (Å²) >= 11 is 0. The second kappa shape index (κ2) is 16.1. The van der Waals surface area contributed by atoms with Gasteiger partial charge in [-0.15, -0.1) is 48.1 Å². The third-order valence-electron chi connectivity index (χ3n) is 11.7. The van der Waals surface area contributed by atoms with E-state index in [0.29, 0.717) is 11.5 Å². The average Bonchev–Trinajstić information content (AvgIpc) is 3.82. The maximum Gasteiger partial charge on any atom is 0.135 e. The molecule has 0 N–H and O–H groups in total. The van der Waals surface area contributed by atoms with E-state index in [9.17, 15) is 0 Å². The van der Waals surface area contributed by atoms with Crippen molar-refractivity contribution in [2.24, 2.45) is 0 Å². The van der Waals surface area contributed by atoms with E-state index in [1.807, 2.05) is 24.4 Å². The Morgan fingerprint density at radius 3 is 1.95 bits per heavy atom. The van der Waals surface area contributed by atoms with Crippen molar-refractivity contribution in [3.8, 4) is 39.6 Å². The van der Waals surface area contributed by atoms with Crippen LogP contribution >= 0.6 is 0 Å². The summed E-state index contributed by atoms with van der Waals surface area (Å²) < 4.78 is 8.88. The molecule has 0 saturated heterocycles. The first kappa shape index (κ1) is 41.0. The molecule has 0 fully saturated rings. The molecule has 310 valence electrons. The van der Waals surface area contributed by atoms with Gasteiger partial charge in [0, 0.05) is 61.3 Å². The summed E-state index contributed by atoms with van der Waals surface area (Å²) in [6.07, 6.45) is 1.91. The van der Waals surface area contributed by atoms with Crippen molar-refractivity contribution in [2.45, 2.75) is 52.4 Å². The van der Waals surface area contributed by atoms with E-state index < -0.39 is 0 Å². The van der Waals surface area contributed by atoms with Gasteiger partial charge >= 0.3 is 0 Å². The van der Waals surface area contributed by atoms with Gasteiger partial charge in [0.05, 0.1) is 0 Å². The smallest absolute Gasteiger partial charge is 0.135 e. The van der Waals surface area contributed by atoms with E-state index in [-0.39, 0.29) is 31.9 Å². The molecule has 1 aliphatic rings. The van der Waals surface area contributed by atoms with Crippen molar-refractivity contribution in [1.82, 2.24) is 9.55 Å². The molecule has 6 heteroatoms. The SMILES string of the molecule is CC(C)(C)c1cccc(N2[CH-]N(c3[c-]c(Oc4[c-]c5c(cc4)c4cc(-c6ccccc6-c6ccccc6)ccc4n5-c4cc(C(C)(C)C)ccn4)ccc3)c3ccccc32)c1.[Pt]. The van der Waals surface area contributed by atoms with E-state index in [4.69, 9.17) is 9.72 Å². The average molecular weight is 987 g/mol. The third kappa shape index (κ3) is 7.60. The number of hydrogen-bond donors (Lipinski definition) is 0. The summed E-state index contributed by atoms with van der Waals surface area (Å²) in [5.41, 5.74) is 13.3. The van der Waals surface area contributed by atoms with Gasteiger partial charge < -0.3 is 19.1 Å². The van der Waals surface area contributed by atoms with Crippen LogP contribution in [-0.4, -0.2) is 9.55 Å². The maximum atomic E-state index is 6.66. The summed E-state index contributed by atoms with van der Waals surface area (Å²) in [7, 11) is 0. The molecule has 0 bridgehead atoms. The van der Waals surface area contributed by atoms with Crippen LogP contribution in [0.15, 0.2) is 170 Å². The fourth-order valence-corrected chi connectivity index (χ4v) is 8.39. The molecule has 0 unspecified atom stereocenters. The zero-order valence-electron chi connectivity index (χ0n) is 35.8. The molecule has 5 nitrogen and oxygen atoms in total. The Kier molecular flexibility index (Phi) is 10.7. The number of fused-ring (bicyclic) bond motifs is 4. The standard InChI is InChI=1S/C56H47N4O.Pt/c1-55(2,3)40-18-14-19-42(33-40)58-37-59(52-25-13-12-24-51(52)58)43-20-15-21-44(35-43)61-45-27-28-48-49-32-39(47-23-11-10-22-46(47)38-16-8-7-9-17-38)26-29-50(49)60(53(48)36-45)54-34-41(30-31-57-54)56(4,5)6;/h7-34,37H,1-6H3;/q-3;. The minimum Gasteiger partial charge on any atom is -0.509 e. The van der Waals surface area contributed by atoms with Crippen molar-refractivity contribution in [3.63, 3.8) is 0 Å². The normalized spacial score (nSPS) is 12.7. The van der Waals surface area contributed by atoms with Gasteiger partial charge in [0.1, 0.15) is 5.82 Å². The van der Waals surface area contributed by atoms with Crippen molar-refractivity contribution in [1.29, 1.82) is 0 Å². The number of ether oxygens (including phenoxy) is 1. The fraction of sp³-hybridized carbons (Fsp3) is 0.143.